The minimum absolute atomic E-state index is 0.0217. The highest BCUT2D eigenvalue weighted by Crippen LogP contribution is 2.75. The summed E-state index contributed by atoms with van der Waals surface area (Å²) in [5.41, 5.74) is 0.00370. The Kier molecular flexibility index (Phi) is 6.74. The van der Waals surface area contributed by atoms with Gasteiger partial charge in [0.2, 0.25) is 0 Å². The van der Waals surface area contributed by atoms with Crippen LogP contribution in [0.15, 0.2) is 11.6 Å². The number of carbonyl (C=O) groups excluding carboxylic acids is 2. The summed E-state index contributed by atoms with van der Waals surface area (Å²) in [4.78, 5) is 34.3. The van der Waals surface area contributed by atoms with Crippen molar-refractivity contribution in [2.45, 2.75) is 139 Å². The predicted molar refractivity (Wildman–Crippen MR) is 159 cm³/mol. The number of rotatable bonds is 2. The van der Waals surface area contributed by atoms with Gasteiger partial charge in [-0.25, -0.2) is 5.06 Å². The lowest BCUT2D eigenvalue weighted by Gasteiger charge is -2.70. The highest BCUT2D eigenvalue weighted by molar-refractivity contribution is 5.95. The standard InChI is InChI=1S/C35H57NO4/c1-29(2,3)40-36(11)28(39)32(7)17-16-31(6)18-19-34(9)22(23(31)21-32)20-24(37)27-33(8)14-13-26(38)30(4,5)25(33)12-15-35(27,34)10/h20,23,25-27,38H,12-19,21H2,1-11H3/t23-,25?,26-,27+,31+,32-,33-,34+,35+/m0/s1. The van der Waals surface area contributed by atoms with Gasteiger partial charge in [-0.2, -0.15) is 0 Å². The van der Waals surface area contributed by atoms with Crippen molar-refractivity contribution in [3.8, 4) is 0 Å². The van der Waals surface area contributed by atoms with Gasteiger partial charge in [0.1, 0.15) is 0 Å². The first-order valence-corrected chi connectivity index (χ1v) is 16.1. The molecule has 1 N–H and O–H groups in total. The maximum atomic E-state index is 14.5. The number of nitrogens with zero attached hydrogens (tertiary/aromatic N) is 1. The second-order valence-corrected chi connectivity index (χ2v) is 17.6. The van der Waals surface area contributed by atoms with Crippen LogP contribution in [0.1, 0.15) is 127 Å². The monoisotopic (exact) mass is 555 g/mol. The Hall–Kier alpha value is -1.20. The summed E-state index contributed by atoms with van der Waals surface area (Å²) < 4.78 is 0. The Bertz CT molecular complexity index is 1120. The van der Waals surface area contributed by atoms with Gasteiger partial charge in [-0.3, -0.25) is 14.4 Å². The van der Waals surface area contributed by atoms with E-state index in [-0.39, 0.29) is 50.9 Å². The maximum absolute atomic E-state index is 14.5. The molecular formula is C35H57NO4. The summed E-state index contributed by atoms with van der Waals surface area (Å²) in [6, 6.07) is 0. The largest absolute Gasteiger partial charge is 0.393 e. The van der Waals surface area contributed by atoms with Crippen LogP contribution in [0.2, 0.25) is 0 Å². The van der Waals surface area contributed by atoms with E-state index in [1.807, 2.05) is 20.8 Å². The highest BCUT2D eigenvalue weighted by Gasteiger charge is 2.70. The Labute approximate surface area is 243 Å². The van der Waals surface area contributed by atoms with E-state index in [2.05, 4.69) is 54.5 Å². The SMILES string of the molecule is CN(OC(C)(C)C)C(=O)[C@@]1(C)CC[C@]2(C)CC[C@]3(C)C(=CC(=O)[C@@H]4[C@@]5(C)CC[C@H](O)C(C)(C)C5CC[C@]43C)[C@@H]2C1. The molecule has 4 fully saturated rings. The normalized spacial score (nSPS) is 48.2. The Balaban J connectivity index is 1.54. The van der Waals surface area contributed by atoms with Crippen molar-refractivity contribution in [3.05, 3.63) is 11.6 Å². The van der Waals surface area contributed by atoms with Gasteiger partial charge in [0.05, 0.1) is 11.7 Å². The van der Waals surface area contributed by atoms with E-state index in [0.29, 0.717) is 11.7 Å². The molecule has 5 aliphatic carbocycles. The number of hydroxylamine groups is 2. The van der Waals surface area contributed by atoms with Crippen LogP contribution in [0.4, 0.5) is 0 Å². The Morgan fingerprint density at radius 1 is 0.950 bits per heavy atom. The van der Waals surface area contributed by atoms with E-state index in [4.69, 9.17) is 4.84 Å². The van der Waals surface area contributed by atoms with Gasteiger partial charge >= 0.3 is 0 Å². The molecular weight excluding hydrogens is 498 g/mol. The van der Waals surface area contributed by atoms with E-state index >= 15 is 0 Å². The van der Waals surface area contributed by atoms with Gasteiger partial charge in [0, 0.05) is 18.4 Å². The average Bonchev–Trinajstić information content (AvgIpc) is 2.82. The fourth-order valence-corrected chi connectivity index (χ4v) is 11.2. The molecule has 0 aromatic rings. The molecule has 4 saturated carbocycles. The van der Waals surface area contributed by atoms with Gasteiger partial charge in [0.25, 0.3) is 5.91 Å². The molecule has 5 rings (SSSR count). The van der Waals surface area contributed by atoms with Crippen molar-refractivity contribution in [2.75, 3.05) is 7.05 Å². The zero-order chi connectivity index (χ0) is 29.9. The van der Waals surface area contributed by atoms with Gasteiger partial charge in [-0.15, -0.1) is 0 Å². The molecule has 0 heterocycles. The number of fused-ring (bicyclic) bond motifs is 7. The van der Waals surface area contributed by atoms with Crippen molar-refractivity contribution in [3.63, 3.8) is 0 Å². The van der Waals surface area contributed by atoms with Crippen molar-refractivity contribution in [1.82, 2.24) is 5.06 Å². The van der Waals surface area contributed by atoms with Gasteiger partial charge in [-0.05, 0) is 124 Å². The minimum atomic E-state index is -0.517. The predicted octanol–water partition coefficient (Wildman–Crippen LogP) is 7.52. The lowest BCUT2D eigenvalue weighted by atomic mass is 9.33. The molecule has 5 heteroatoms. The molecule has 0 aromatic carbocycles. The molecule has 40 heavy (non-hydrogen) atoms. The molecule has 1 unspecified atom stereocenters. The van der Waals surface area contributed by atoms with E-state index in [1.54, 1.807) is 7.05 Å². The van der Waals surface area contributed by atoms with Gasteiger partial charge in [-0.1, -0.05) is 54.0 Å². The Morgan fingerprint density at radius 3 is 2.20 bits per heavy atom. The number of carbonyl (C=O) groups is 2. The zero-order valence-electron chi connectivity index (χ0n) is 27.4. The molecule has 1 amide bonds. The van der Waals surface area contributed by atoms with Crippen LogP contribution in [0.25, 0.3) is 0 Å². The van der Waals surface area contributed by atoms with E-state index < -0.39 is 11.0 Å². The first kappa shape index (κ1) is 30.3. The first-order chi connectivity index (χ1) is 18.1. The second-order valence-electron chi connectivity index (χ2n) is 17.6. The van der Waals surface area contributed by atoms with Crippen LogP contribution in [0, 0.1) is 50.2 Å². The minimum Gasteiger partial charge on any atom is -0.393 e. The van der Waals surface area contributed by atoms with E-state index in [9.17, 15) is 14.7 Å². The number of aliphatic hydroxyl groups is 1. The fraction of sp³-hybridized carbons (Fsp3) is 0.886. The summed E-state index contributed by atoms with van der Waals surface area (Å²) in [5, 5.41) is 12.4. The summed E-state index contributed by atoms with van der Waals surface area (Å²) in [7, 11) is 1.76. The summed E-state index contributed by atoms with van der Waals surface area (Å²) >= 11 is 0. The van der Waals surface area contributed by atoms with E-state index in [1.165, 1.54) is 10.6 Å². The van der Waals surface area contributed by atoms with Crippen LogP contribution >= 0.6 is 0 Å². The first-order valence-electron chi connectivity index (χ1n) is 16.1. The molecule has 9 atom stereocenters. The summed E-state index contributed by atoms with van der Waals surface area (Å²) in [6.07, 6.45) is 10.4. The number of hydrogen-bond donors (Lipinski definition) is 1. The third-order valence-corrected chi connectivity index (χ3v) is 13.8. The number of ketones is 1. The second kappa shape index (κ2) is 8.91. The smallest absolute Gasteiger partial charge is 0.251 e. The molecule has 0 bridgehead atoms. The van der Waals surface area contributed by atoms with E-state index in [0.717, 1.165) is 57.8 Å². The molecule has 0 radical (unpaired) electrons. The zero-order valence-corrected chi connectivity index (χ0v) is 27.4. The lowest BCUT2D eigenvalue weighted by Crippen LogP contribution is -2.66. The summed E-state index contributed by atoms with van der Waals surface area (Å²) in [5.74, 6) is 0.900. The van der Waals surface area contributed by atoms with Gasteiger partial charge < -0.3 is 5.11 Å². The van der Waals surface area contributed by atoms with Crippen LogP contribution < -0.4 is 0 Å². The van der Waals surface area contributed by atoms with Crippen molar-refractivity contribution < 1.29 is 19.5 Å². The quantitative estimate of drug-likeness (QED) is 0.358. The maximum Gasteiger partial charge on any atom is 0.251 e. The van der Waals surface area contributed by atoms with Crippen LogP contribution in [-0.2, 0) is 14.4 Å². The van der Waals surface area contributed by atoms with Crippen molar-refractivity contribution in [1.29, 1.82) is 0 Å². The fourth-order valence-electron chi connectivity index (χ4n) is 11.2. The molecule has 0 aliphatic heterocycles. The van der Waals surface area contributed by atoms with Crippen LogP contribution in [-0.4, -0.2) is 40.6 Å². The van der Waals surface area contributed by atoms with Crippen molar-refractivity contribution in [2.24, 2.45) is 50.2 Å². The number of allylic oxidation sites excluding steroid dienone is 2. The molecule has 226 valence electrons. The molecule has 0 saturated heterocycles. The third kappa shape index (κ3) is 4.06. The molecule has 0 spiro atoms. The average molecular weight is 556 g/mol. The van der Waals surface area contributed by atoms with Gasteiger partial charge in [0.15, 0.2) is 5.78 Å². The molecule has 5 nitrogen and oxygen atoms in total. The third-order valence-electron chi connectivity index (χ3n) is 13.8. The lowest BCUT2D eigenvalue weighted by molar-refractivity contribution is -0.228. The number of aliphatic hydroxyl groups excluding tert-OH is 1. The van der Waals surface area contributed by atoms with Crippen LogP contribution in [0.5, 0.6) is 0 Å². The number of amides is 1. The molecule has 5 aliphatic rings. The topological polar surface area (TPSA) is 66.8 Å². The van der Waals surface area contributed by atoms with Crippen LogP contribution in [0.3, 0.4) is 0 Å². The highest BCUT2D eigenvalue weighted by atomic mass is 16.7. The molecule has 0 aromatic heterocycles. The number of hydrogen-bond acceptors (Lipinski definition) is 4. The summed E-state index contributed by atoms with van der Waals surface area (Å²) in [6.45, 7) is 22.2. The Morgan fingerprint density at radius 2 is 1.57 bits per heavy atom. The van der Waals surface area contributed by atoms with Crippen molar-refractivity contribution >= 4 is 11.7 Å².